The molecular formula is C9H20N2O4. The second-order valence-electron chi connectivity index (χ2n) is 3.66. The minimum Gasteiger partial charge on any atom is -0.446 e. The van der Waals surface area contributed by atoms with Gasteiger partial charge in [-0.3, -0.25) is 5.43 Å². The van der Waals surface area contributed by atoms with E-state index in [1.807, 2.05) is 13.8 Å². The van der Waals surface area contributed by atoms with Crippen molar-refractivity contribution in [1.29, 1.82) is 0 Å². The van der Waals surface area contributed by atoms with Gasteiger partial charge in [0.05, 0.1) is 12.7 Å². The van der Waals surface area contributed by atoms with E-state index in [1.165, 1.54) is 6.92 Å². The molecule has 1 amide bonds. The van der Waals surface area contributed by atoms with E-state index in [2.05, 4.69) is 15.6 Å². The molecule has 0 saturated carbocycles. The van der Waals surface area contributed by atoms with Crippen molar-refractivity contribution >= 4 is 6.09 Å². The van der Waals surface area contributed by atoms with Gasteiger partial charge in [0.25, 0.3) is 0 Å². The molecule has 15 heavy (non-hydrogen) atoms. The zero-order chi connectivity index (χ0) is 11.7. The molecule has 0 aliphatic carbocycles. The first-order chi connectivity index (χ1) is 7.02. The smallest absolute Gasteiger partial charge is 0.421 e. The van der Waals surface area contributed by atoms with Gasteiger partial charge in [-0.1, -0.05) is 13.8 Å². The molecule has 0 aliphatic heterocycles. The lowest BCUT2D eigenvalue weighted by molar-refractivity contribution is 0.0618. The summed E-state index contributed by atoms with van der Waals surface area (Å²) in [5.41, 5.74) is 4.80. The molecule has 0 aromatic carbocycles. The van der Waals surface area contributed by atoms with Gasteiger partial charge in [0.1, 0.15) is 13.3 Å². The molecule has 6 heteroatoms. The molecule has 0 spiro atoms. The van der Waals surface area contributed by atoms with Crippen LogP contribution in [0, 0.1) is 5.92 Å². The summed E-state index contributed by atoms with van der Waals surface area (Å²) in [5.74, 6) is 0.453. The molecule has 0 rings (SSSR count). The van der Waals surface area contributed by atoms with Crippen molar-refractivity contribution in [3.8, 4) is 0 Å². The molecule has 90 valence electrons. The number of aliphatic hydroxyl groups is 1. The molecule has 0 aliphatic rings. The lowest BCUT2D eigenvalue weighted by Gasteiger charge is -2.10. The van der Waals surface area contributed by atoms with Crippen molar-refractivity contribution in [1.82, 2.24) is 10.9 Å². The number of rotatable bonds is 7. The first-order valence-electron chi connectivity index (χ1n) is 4.93. The number of aliphatic hydroxyl groups excluding tert-OH is 1. The van der Waals surface area contributed by atoms with Crippen molar-refractivity contribution in [2.24, 2.45) is 5.92 Å². The van der Waals surface area contributed by atoms with Gasteiger partial charge >= 0.3 is 6.09 Å². The van der Waals surface area contributed by atoms with Gasteiger partial charge < -0.3 is 14.6 Å². The fraction of sp³-hybridized carbons (Fsp3) is 0.889. The minimum atomic E-state index is -0.659. The Morgan fingerprint density at radius 3 is 2.53 bits per heavy atom. The quantitative estimate of drug-likeness (QED) is 0.325. The Labute approximate surface area is 89.9 Å². The summed E-state index contributed by atoms with van der Waals surface area (Å²) in [7, 11) is 0. The van der Waals surface area contributed by atoms with Crippen molar-refractivity contribution in [3.63, 3.8) is 0 Å². The van der Waals surface area contributed by atoms with E-state index in [0.717, 1.165) is 0 Å². The lowest BCUT2D eigenvalue weighted by atomic mass is 10.2. The highest BCUT2D eigenvalue weighted by Crippen LogP contribution is 1.90. The molecule has 0 heterocycles. The van der Waals surface area contributed by atoms with Crippen LogP contribution >= 0.6 is 0 Å². The Morgan fingerprint density at radius 1 is 1.33 bits per heavy atom. The maximum Gasteiger partial charge on any atom is 0.421 e. The monoisotopic (exact) mass is 220 g/mol. The lowest BCUT2D eigenvalue weighted by Crippen LogP contribution is -2.40. The van der Waals surface area contributed by atoms with Crippen molar-refractivity contribution < 1.29 is 19.4 Å². The van der Waals surface area contributed by atoms with Gasteiger partial charge in [0.15, 0.2) is 0 Å². The summed E-state index contributed by atoms with van der Waals surface area (Å²) in [4.78, 5) is 10.9. The molecule has 0 radical (unpaired) electrons. The highest BCUT2D eigenvalue weighted by molar-refractivity contribution is 5.66. The Hall–Kier alpha value is -0.850. The number of nitrogens with one attached hydrogen (secondary N) is 2. The van der Waals surface area contributed by atoms with Crippen molar-refractivity contribution in [3.05, 3.63) is 0 Å². The third-order valence-corrected chi connectivity index (χ3v) is 1.27. The number of amides is 1. The number of ether oxygens (including phenoxy) is 2. The number of hydrogen-bond donors (Lipinski definition) is 3. The van der Waals surface area contributed by atoms with Gasteiger partial charge in [-0.05, 0) is 12.8 Å². The van der Waals surface area contributed by atoms with E-state index < -0.39 is 12.2 Å². The zero-order valence-corrected chi connectivity index (χ0v) is 9.45. The van der Waals surface area contributed by atoms with Crippen LogP contribution in [0.4, 0.5) is 4.79 Å². The van der Waals surface area contributed by atoms with Crippen LogP contribution in [-0.4, -0.2) is 37.2 Å². The molecule has 6 nitrogen and oxygen atoms in total. The van der Waals surface area contributed by atoms with Crippen molar-refractivity contribution in [2.45, 2.75) is 26.9 Å². The Bertz CT molecular complexity index is 173. The second-order valence-corrected chi connectivity index (χ2v) is 3.66. The topological polar surface area (TPSA) is 79.8 Å². The van der Waals surface area contributed by atoms with Crippen LogP contribution in [0.3, 0.4) is 0 Å². The third kappa shape index (κ3) is 11.1. The van der Waals surface area contributed by atoms with Gasteiger partial charge in [0, 0.05) is 0 Å². The van der Waals surface area contributed by atoms with Crippen LogP contribution in [0.15, 0.2) is 0 Å². The maximum absolute atomic E-state index is 10.9. The van der Waals surface area contributed by atoms with E-state index in [-0.39, 0.29) is 13.3 Å². The normalized spacial score (nSPS) is 12.6. The molecular weight excluding hydrogens is 200 g/mol. The van der Waals surface area contributed by atoms with Crippen LogP contribution in [0.5, 0.6) is 0 Å². The largest absolute Gasteiger partial charge is 0.446 e. The number of hydrazine groups is 1. The summed E-state index contributed by atoms with van der Waals surface area (Å²) in [5, 5.41) is 8.82. The molecule has 0 saturated heterocycles. The van der Waals surface area contributed by atoms with Crippen LogP contribution in [0.25, 0.3) is 0 Å². The van der Waals surface area contributed by atoms with Gasteiger partial charge in [0.2, 0.25) is 0 Å². The van der Waals surface area contributed by atoms with E-state index in [4.69, 9.17) is 9.84 Å². The summed E-state index contributed by atoms with van der Waals surface area (Å²) >= 11 is 0. The third-order valence-electron chi connectivity index (χ3n) is 1.27. The minimum absolute atomic E-state index is 0.0274. The van der Waals surface area contributed by atoms with Crippen LogP contribution in [-0.2, 0) is 9.47 Å². The summed E-state index contributed by atoms with van der Waals surface area (Å²) < 4.78 is 9.75. The second kappa shape index (κ2) is 8.46. The first-order valence-corrected chi connectivity index (χ1v) is 4.93. The number of carbonyl (C=O) groups excluding carboxylic acids is 1. The molecule has 3 N–H and O–H groups in total. The van der Waals surface area contributed by atoms with Crippen LogP contribution < -0.4 is 10.9 Å². The van der Waals surface area contributed by atoms with Crippen LogP contribution in [0.1, 0.15) is 20.8 Å². The average molecular weight is 220 g/mol. The maximum atomic E-state index is 10.9. The Morgan fingerprint density at radius 2 is 2.00 bits per heavy atom. The molecule has 0 bridgehead atoms. The summed E-state index contributed by atoms with van der Waals surface area (Å²) in [6.45, 7) is 6.42. The molecule has 0 fully saturated rings. The first kappa shape index (κ1) is 14.2. The standard InChI is InChI=1S/C9H20N2O4/c1-7(2)4-14-6-10-11-9(13)15-5-8(3)12/h7-8,10,12H,4-6H2,1-3H3,(H,11,13). The van der Waals surface area contributed by atoms with Gasteiger partial charge in [-0.25, -0.2) is 10.2 Å². The highest BCUT2D eigenvalue weighted by atomic mass is 16.6. The van der Waals surface area contributed by atoms with E-state index in [1.54, 1.807) is 0 Å². The van der Waals surface area contributed by atoms with E-state index in [9.17, 15) is 4.79 Å². The fourth-order valence-corrected chi connectivity index (χ4v) is 0.686. The molecule has 1 unspecified atom stereocenters. The van der Waals surface area contributed by atoms with Crippen molar-refractivity contribution in [2.75, 3.05) is 19.9 Å². The summed E-state index contributed by atoms with van der Waals surface area (Å²) in [6.07, 6.45) is -1.29. The summed E-state index contributed by atoms with van der Waals surface area (Å²) in [6, 6.07) is 0. The zero-order valence-electron chi connectivity index (χ0n) is 9.45. The molecule has 0 aromatic heterocycles. The SMILES string of the molecule is CC(C)COCNNC(=O)OCC(C)O. The Balaban J connectivity index is 3.24. The predicted molar refractivity (Wildman–Crippen MR) is 55.0 cm³/mol. The predicted octanol–water partition coefficient (Wildman–Crippen LogP) is 0.228. The average Bonchev–Trinajstić information content (AvgIpc) is 2.13. The highest BCUT2D eigenvalue weighted by Gasteiger charge is 2.02. The molecule has 1 atom stereocenters. The van der Waals surface area contributed by atoms with Crippen LogP contribution in [0.2, 0.25) is 0 Å². The van der Waals surface area contributed by atoms with E-state index in [0.29, 0.717) is 12.5 Å². The molecule has 0 aromatic rings. The number of carbonyl (C=O) groups is 1. The number of hydrogen-bond acceptors (Lipinski definition) is 5. The van der Waals surface area contributed by atoms with E-state index >= 15 is 0 Å². The fourth-order valence-electron chi connectivity index (χ4n) is 0.686. The van der Waals surface area contributed by atoms with Gasteiger partial charge in [-0.15, -0.1) is 0 Å². The van der Waals surface area contributed by atoms with Gasteiger partial charge in [-0.2, -0.15) is 0 Å². The Kier molecular flexibility index (Phi) is 7.98.